The van der Waals surface area contributed by atoms with Crippen LogP contribution in [0.5, 0.6) is 17.2 Å². The van der Waals surface area contributed by atoms with Gasteiger partial charge in [0.2, 0.25) is 5.75 Å². The van der Waals surface area contributed by atoms with Gasteiger partial charge in [-0.05, 0) is 45.9 Å². The number of thiophene rings is 1. The van der Waals surface area contributed by atoms with E-state index in [1.54, 1.807) is 29.8 Å². The number of aromatic nitrogens is 2. The largest absolute Gasteiger partial charge is 0.490 e. The first-order valence-electron chi connectivity index (χ1n) is 11.4. The maximum Gasteiger partial charge on any atom is 0.254 e. The molecule has 1 amide bonds. The van der Waals surface area contributed by atoms with E-state index < -0.39 is 0 Å². The average Bonchev–Trinajstić information content (AvgIpc) is 3.21. The van der Waals surface area contributed by atoms with Crippen LogP contribution in [0.4, 0.5) is 5.82 Å². The number of hydrogen-bond acceptors (Lipinski definition) is 8. The van der Waals surface area contributed by atoms with Crippen molar-refractivity contribution in [2.24, 2.45) is 0 Å². The molecule has 0 unspecified atom stereocenters. The lowest BCUT2D eigenvalue weighted by atomic mass is 10.1. The van der Waals surface area contributed by atoms with Crippen LogP contribution in [0.3, 0.4) is 0 Å². The number of piperazine rings is 1. The number of benzene rings is 1. The quantitative estimate of drug-likeness (QED) is 0.489. The van der Waals surface area contributed by atoms with Crippen LogP contribution in [-0.4, -0.2) is 66.8 Å². The van der Waals surface area contributed by atoms with Crippen LogP contribution >= 0.6 is 11.3 Å². The van der Waals surface area contributed by atoms with Crippen LogP contribution in [-0.2, 0) is 0 Å². The molecule has 0 N–H and O–H groups in total. The van der Waals surface area contributed by atoms with Crippen LogP contribution < -0.4 is 19.1 Å². The minimum Gasteiger partial charge on any atom is -0.490 e. The van der Waals surface area contributed by atoms with E-state index in [2.05, 4.69) is 27.9 Å². The number of nitrogens with zero attached hydrogens (tertiary/aromatic N) is 4. The molecule has 33 heavy (non-hydrogen) atoms. The normalized spacial score (nSPS) is 13.9. The molecule has 3 heterocycles. The number of carbonyl (C=O) groups excluding carboxylic acids is 1. The molecule has 1 aliphatic heterocycles. The molecule has 0 aliphatic carbocycles. The van der Waals surface area contributed by atoms with Gasteiger partial charge in [-0.25, -0.2) is 9.97 Å². The monoisotopic (exact) mass is 470 g/mol. The molecular weight excluding hydrogens is 440 g/mol. The van der Waals surface area contributed by atoms with Gasteiger partial charge >= 0.3 is 0 Å². The van der Waals surface area contributed by atoms with Crippen molar-refractivity contribution in [3.05, 3.63) is 35.0 Å². The summed E-state index contributed by atoms with van der Waals surface area (Å²) in [6.07, 6.45) is 1.62. The van der Waals surface area contributed by atoms with Gasteiger partial charge in [0.1, 0.15) is 17.0 Å². The summed E-state index contributed by atoms with van der Waals surface area (Å²) in [6, 6.07) is 5.65. The lowest BCUT2D eigenvalue weighted by molar-refractivity contribution is 0.0745. The number of ether oxygens (including phenoxy) is 3. The van der Waals surface area contributed by atoms with Crippen LogP contribution in [0.1, 0.15) is 36.0 Å². The third-order valence-corrected chi connectivity index (χ3v) is 6.41. The Morgan fingerprint density at radius 1 is 0.939 bits per heavy atom. The number of carbonyl (C=O) groups is 1. The number of hydrogen-bond donors (Lipinski definition) is 0. The first-order chi connectivity index (χ1) is 16.0. The van der Waals surface area contributed by atoms with Crippen molar-refractivity contribution in [3.8, 4) is 17.2 Å². The molecule has 0 bridgehead atoms. The number of aryl methyl sites for hydroxylation is 1. The van der Waals surface area contributed by atoms with E-state index in [0.29, 0.717) is 68.8 Å². The van der Waals surface area contributed by atoms with Crippen LogP contribution in [0, 0.1) is 6.92 Å². The van der Waals surface area contributed by atoms with E-state index in [0.717, 1.165) is 16.0 Å². The van der Waals surface area contributed by atoms with E-state index in [4.69, 9.17) is 14.2 Å². The Balaban J connectivity index is 1.53. The van der Waals surface area contributed by atoms with Gasteiger partial charge in [0.25, 0.3) is 5.91 Å². The fraction of sp³-hybridized carbons (Fsp3) is 0.458. The van der Waals surface area contributed by atoms with Crippen molar-refractivity contribution in [2.45, 2.75) is 27.7 Å². The molecule has 4 rings (SSSR count). The Morgan fingerprint density at radius 2 is 1.58 bits per heavy atom. The SMILES string of the molecule is CCOc1cc(C(=O)N2CCN(c3ncnc4sc(C)cc34)CC2)cc(OCC)c1OCC. The molecule has 0 atom stereocenters. The van der Waals surface area contributed by atoms with Gasteiger partial charge in [-0.2, -0.15) is 0 Å². The molecule has 2 aromatic heterocycles. The highest BCUT2D eigenvalue weighted by atomic mass is 32.1. The number of rotatable bonds is 8. The zero-order valence-corrected chi connectivity index (χ0v) is 20.4. The highest BCUT2D eigenvalue weighted by Gasteiger charge is 2.26. The van der Waals surface area contributed by atoms with Gasteiger partial charge in [-0.15, -0.1) is 11.3 Å². The van der Waals surface area contributed by atoms with Crippen molar-refractivity contribution in [3.63, 3.8) is 0 Å². The van der Waals surface area contributed by atoms with Crippen molar-refractivity contribution in [2.75, 3.05) is 50.9 Å². The second-order valence-electron chi connectivity index (χ2n) is 7.65. The fourth-order valence-electron chi connectivity index (χ4n) is 4.03. The maximum atomic E-state index is 13.4. The highest BCUT2D eigenvalue weighted by molar-refractivity contribution is 7.18. The van der Waals surface area contributed by atoms with Crippen molar-refractivity contribution >= 4 is 33.3 Å². The fourth-order valence-corrected chi connectivity index (χ4v) is 4.87. The molecular formula is C24H30N4O4S. The molecule has 1 saturated heterocycles. The summed E-state index contributed by atoms with van der Waals surface area (Å²) in [5, 5.41) is 1.08. The molecule has 3 aromatic rings. The van der Waals surface area contributed by atoms with Crippen LogP contribution in [0.15, 0.2) is 24.5 Å². The molecule has 0 radical (unpaired) electrons. The highest BCUT2D eigenvalue weighted by Crippen LogP contribution is 2.39. The molecule has 0 spiro atoms. The standard InChI is InChI=1S/C24H30N4O4S/c1-5-30-19-13-17(14-20(31-6-2)21(19)32-7-3)24(29)28-10-8-27(9-11-28)22-18-12-16(4)33-23(18)26-15-25-22/h12-15H,5-11H2,1-4H3. The third-order valence-electron chi connectivity index (χ3n) is 5.45. The Labute approximate surface area is 198 Å². The third kappa shape index (κ3) is 4.83. The van der Waals surface area contributed by atoms with E-state index in [1.165, 1.54) is 4.88 Å². The van der Waals surface area contributed by atoms with Gasteiger partial charge in [0.15, 0.2) is 11.5 Å². The van der Waals surface area contributed by atoms with Crippen molar-refractivity contribution in [1.82, 2.24) is 14.9 Å². The topological polar surface area (TPSA) is 77.0 Å². The van der Waals surface area contributed by atoms with Crippen LogP contribution in [0.2, 0.25) is 0 Å². The lowest BCUT2D eigenvalue weighted by Crippen LogP contribution is -2.49. The smallest absolute Gasteiger partial charge is 0.254 e. The Hall–Kier alpha value is -3.07. The average molecular weight is 471 g/mol. The van der Waals surface area contributed by atoms with Crippen molar-refractivity contribution < 1.29 is 19.0 Å². The lowest BCUT2D eigenvalue weighted by Gasteiger charge is -2.35. The second-order valence-corrected chi connectivity index (χ2v) is 8.89. The van der Waals surface area contributed by atoms with Crippen molar-refractivity contribution in [1.29, 1.82) is 0 Å². The molecule has 1 aliphatic rings. The summed E-state index contributed by atoms with van der Waals surface area (Å²) in [5.74, 6) is 2.50. The minimum atomic E-state index is -0.0428. The Bertz CT molecular complexity index is 1100. The molecule has 9 heteroatoms. The summed E-state index contributed by atoms with van der Waals surface area (Å²) in [4.78, 5) is 28.6. The summed E-state index contributed by atoms with van der Waals surface area (Å²) >= 11 is 1.67. The second kappa shape index (κ2) is 10.2. The first kappa shape index (κ1) is 23.1. The zero-order chi connectivity index (χ0) is 23.4. The van der Waals surface area contributed by atoms with Gasteiger partial charge in [0, 0.05) is 36.6 Å². The summed E-state index contributed by atoms with van der Waals surface area (Å²) in [5.41, 5.74) is 0.539. The minimum absolute atomic E-state index is 0.0428. The van der Waals surface area contributed by atoms with E-state index in [1.807, 2.05) is 25.7 Å². The first-order valence-corrected chi connectivity index (χ1v) is 12.2. The summed E-state index contributed by atoms with van der Waals surface area (Å²) in [7, 11) is 0. The molecule has 8 nitrogen and oxygen atoms in total. The molecule has 0 saturated carbocycles. The zero-order valence-electron chi connectivity index (χ0n) is 19.6. The molecule has 1 fully saturated rings. The van der Waals surface area contributed by atoms with E-state index in [-0.39, 0.29) is 5.91 Å². The number of amides is 1. The van der Waals surface area contributed by atoms with Crippen LogP contribution in [0.25, 0.3) is 10.2 Å². The van der Waals surface area contributed by atoms with Gasteiger partial charge in [-0.1, -0.05) is 0 Å². The Kier molecular flexibility index (Phi) is 7.17. The van der Waals surface area contributed by atoms with Gasteiger partial charge in [-0.3, -0.25) is 4.79 Å². The molecule has 176 valence electrons. The summed E-state index contributed by atoms with van der Waals surface area (Å²) < 4.78 is 17.3. The van der Waals surface area contributed by atoms with Gasteiger partial charge < -0.3 is 24.0 Å². The van der Waals surface area contributed by atoms with E-state index in [9.17, 15) is 4.79 Å². The predicted octanol–water partition coefficient (Wildman–Crippen LogP) is 4.16. The van der Waals surface area contributed by atoms with Gasteiger partial charge in [0.05, 0.1) is 25.2 Å². The molecule has 1 aromatic carbocycles. The Morgan fingerprint density at radius 3 is 2.18 bits per heavy atom. The maximum absolute atomic E-state index is 13.4. The number of fused-ring (bicyclic) bond motifs is 1. The van der Waals surface area contributed by atoms with E-state index >= 15 is 0 Å². The number of anilines is 1. The summed E-state index contributed by atoms with van der Waals surface area (Å²) in [6.45, 7) is 11.9. The predicted molar refractivity (Wildman–Crippen MR) is 130 cm³/mol.